The number of aliphatic hydroxyl groups is 1. The molecule has 1 atom stereocenters. The molecule has 3 aromatic carbocycles. The lowest BCUT2D eigenvalue weighted by Crippen LogP contribution is -2.15. The summed E-state index contributed by atoms with van der Waals surface area (Å²) in [6.45, 7) is 1.89. The highest BCUT2D eigenvalue weighted by atomic mass is 35.5. The summed E-state index contributed by atoms with van der Waals surface area (Å²) < 4.78 is 27.9. The van der Waals surface area contributed by atoms with Gasteiger partial charge in [-0.25, -0.2) is 8.42 Å². The summed E-state index contributed by atoms with van der Waals surface area (Å²) in [5.41, 5.74) is 2.39. The van der Waals surface area contributed by atoms with E-state index in [1.165, 1.54) is 0 Å². The van der Waals surface area contributed by atoms with Crippen molar-refractivity contribution in [2.24, 2.45) is 0 Å². The summed E-state index contributed by atoms with van der Waals surface area (Å²) in [4.78, 5) is 0.166. The first-order chi connectivity index (χ1) is 12.4. The Bertz CT molecular complexity index is 1000. The van der Waals surface area contributed by atoms with Gasteiger partial charge in [-0.3, -0.25) is 4.72 Å². The van der Waals surface area contributed by atoms with Crippen molar-refractivity contribution in [3.63, 3.8) is 0 Å². The molecule has 0 saturated carbocycles. The van der Waals surface area contributed by atoms with Gasteiger partial charge in [0, 0.05) is 10.6 Å². The molecular formula is C20H18ClNO3S. The maximum Gasteiger partial charge on any atom is 0.261 e. The van der Waals surface area contributed by atoms with E-state index in [2.05, 4.69) is 4.72 Å². The third kappa shape index (κ3) is 4.07. The number of benzene rings is 3. The van der Waals surface area contributed by atoms with Gasteiger partial charge in [0.2, 0.25) is 0 Å². The zero-order valence-corrected chi connectivity index (χ0v) is 15.6. The number of sulfonamides is 1. The van der Waals surface area contributed by atoms with Gasteiger partial charge < -0.3 is 5.11 Å². The molecule has 3 aromatic rings. The van der Waals surface area contributed by atoms with Crippen LogP contribution in [-0.2, 0) is 10.0 Å². The van der Waals surface area contributed by atoms with Gasteiger partial charge in [-0.2, -0.15) is 0 Å². The molecule has 0 amide bonds. The summed E-state index contributed by atoms with van der Waals surface area (Å²) in [7, 11) is -3.76. The monoisotopic (exact) mass is 387 g/mol. The van der Waals surface area contributed by atoms with Crippen LogP contribution in [0.25, 0.3) is 0 Å². The Kier molecular flexibility index (Phi) is 5.32. The van der Waals surface area contributed by atoms with E-state index >= 15 is 0 Å². The maximum absolute atomic E-state index is 12.7. The minimum atomic E-state index is -3.76. The van der Waals surface area contributed by atoms with Crippen molar-refractivity contribution in [2.45, 2.75) is 17.9 Å². The summed E-state index contributed by atoms with van der Waals surface area (Å²) >= 11 is 5.89. The Morgan fingerprint density at radius 3 is 2.19 bits per heavy atom. The summed E-state index contributed by atoms with van der Waals surface area (Å²) in [5.74, 6) is 0. The lowest BCUT2D eigenvalue weighted by molar-refractivity contribution is 0.221. The predicted molar refractivity (Wildman–Crippen MR) is 104 cm³/mol. The lowest BCUT2D eigenvalue weighted by Gasteiger charge is -2.17. The molecule has 0 radical (unpaired) electrons. The Balaban J connectivity index is 1.94. The predicted octanol–water partition coefficient (Wildman–Crippen LogP) is 4.53. The topological polar surface area (TPSA) is 66.4 Å². The van der Waals surface area contributed by atoms with Gasteiger partial charge in [0.1, 0.15) is 6.10 Å². The standard InChI is InChI=1S/C20H18ClNO3S/c1-14-6-12-17(13-7-14)26(24,25)22-19-5-3-2-4-18(19)20(23)15-8-10-16(21)11-9-15/h2-13,20,22-23H,1H3/t20-/m0/s1. The molecule has 0 aliphatic rings. The number of para-hydroxylation sites is 1. The second-order valence-corrected chi connectivity index (χ2v) is 8.08. The molecule has 0 heterocycles. The third-order valence-corrected chi connectivity index (χ3v) is 5.65. The first kappa shape index (κ1) is 18.5. The number of nitrogens with one attached hydrogen (secondary N) is 1. The fourth-order valence-corrected chi connectivity index (χ4v) is 3.79. The molecule has 0 bridgehead atoms. The zero-order chi connectivity index (χ0) is 18.7. The molecular weight excluding hydrogens is 370 g/mol. The summed E-state index contributed by atoms with van der Waals surface area (Å²) in [6, 6.07) is 20.1. The van der Waals surface area contributed by atoms with E-state index in [-0.39, 0.29) is 4.90 Å². The van der Waals surface area contributed by atoms with Crippen LogP contribution < -0.4 is 4.72 Å². The smallest absolute Gasteiger partial charge is 0.261 e. The van der Waals surface area contributed by atoms with E-state index in [1.54, 1.807) is 72.8 Å². The molecule has 26 heavy (non-hydrogen) atoms. The fraction of sp³-hybridized carbons (Fsp3) is 0.100. The Hall–Kier alpha value is -2.34. The molecule has 0 aliphatic heterocycles. The van der Waals surface area contributed by atoms with Crippen molar-refractivity contribution in [3.8, 4) is 0 Å². The van der Waals surface area contributed by atoms with Crippen LogP contribution in [-0.4, -0.2) is 13.5 Å². The highest BCUT2D eigenvalue weighted by Gasteiger charge is 2.19. The number of hydrogen-bond acceptors (Lipinski definition) is 3. The molecule has 0 spiro atoms. The Morgan fingerprint density at radius 1 is 0.923 bits per heavy atom. The first-order valence-corrected chi connectivity index (χ1v) is 9.85. The van der Waals surface area contributed by atoms with Gasteiger partial charge >= 0.3 is 0 Å². The zero-order valence-electron chi connectivity index (χ0n) is 14.1. The van der Waals surface area contributed by atoms with Gasteiger partial charge in [0.05, 0.1) is 10.6 Å². The normalized spacial score (nSPS) is 12.6. The third-order valence-electron chi connectivity index (χ3n) is 4.02. The van der Waals surface area contributed by atoms with Crippen molar-refractivity contribution in [1.82, 2.24) is 0 Å². The van der Waals surface area contributed by atoms with Crippen LogP contribution >= 0.6 is 11.6 Å². The molecule has 3 rings (SSSR count). The van der Waals surface area contributed by atoms with Crippen molar-refractivity contribution in [2.75, 3.05) is 4.72 Å². The van der Waals surface area contributed by atoms with Gasteiger partial charge in [-0.1, -0.05) is 59.6 Å². The molecule has 0 aromatic heterocycles. The fourth-order valence-electron chi connectivity index (χ4n) is 2.57. The van der Waals surface area contributed by atoms with Crippen LogP contribution in [0.15, 0.2) is 77.7 Å². The van der Waals surface area contributed by atoms with Crippen molar-refractivity contribution >= 4 is 27.3 Å². The van der Waals surface area contributed by atoms with E-state index in [0.717, 1.165) is 5.56 Å². The van der Waals surface area contributed by atoms with E-state index in [9.17, 15) is 13.5 Å². The van der Waals surface area contributed by atoms with Crippen LogP contribution in [0, 0.1) is 6.92 Å². The van der Waals surface area contributed by atoms with Crippen LogP contribution in [0.3, 0.4) is 0 Å². The van der Waals surface area contributed by atoms with Crippen molar-refractivity contribution < 1.29 is 13.5 Å². The number of aliphatic hydroxyl groups excluding tert-OH is 1. The minimum absolute atomic E-state index is 0.166. The largest absolute Gasteiger partial charge is 0.384 e. The Morgan fingerprint density at radius 2 is 1.54 bits per heavy atom. The number of aryl methyl sites for hydroxylation is 1. The molecule has 0 aliphatic carbocycles. The van der Waals surface area contributed by atoms with E-state index in [4.69, 9.17) is 11.6 Å². The maximum atomic E-state index is 12.7. The Labute approximate surface area is 158 Å². The SMILES string of the molecule is Cc1ccc(S(=O)(=O)Nc2ccccc2[C@@H](O)c2ccc(Cl)cc2)cc1. The van der Waals surface area contributed by atoms with Gasteiger partial charge in [-0.05, 0) is 42.8 Å². The van der Waals surface area contributed by atoms with Crippen LogP contribution in [0.1, 0.15) is 22.8 Å². The molecule has 2 N–H and O–H groups in total. The van der Waals surface area contributed by atoms with E-state index in [0.29, 0.717) is 21.8 Å². The molecule has 6 heteroatoms. The minimum Gasteiger partial charge on any atom is -0.384 e. The number of hydrogen-bond donors (Lipinski definition) is 2. The molecule has 0 saturated heterocycles. The average Bonchev–Trinajstić information content (AvgIpc) is 2.62. The van der Waals surface area contributed by atoms with Crippen LogP contribution in [0.4, 0.5) is 5.69 Å². The summed E-state index contributed by atoms with van der Waals surface area (Å²) in [6.07, 6.45) is -0.982. The van der Waals surface area contributed by atoms with Crippen LogP contribution in [0.2, 0.25) is 5.02 Å². The highest BCUT2D eigenvalue weighted by molar-refractivity contribution is 7.92. The number of anilines is 1. The molecule has 0 unspecified atom stereocenters. The lowest BCUT2D eigenvalue weighted by atomic mass is 10.0. The van der Waals surface area contributed by atoms with Gasteiger partial charge in [0.25, 0.3) is 10.0 Å². The van der Waals surface area contributed by atoms with Gasteiger partial charge in [0.15, 0.2) is 0 Å². The first-order valence-electron chi connectivity index (χ1n) is 7.99. The average molecular weight is 388 g/mol. The second kappa shape index (κ2) is 7.50. The van der Waals surface area contributed by atoms with Crippen molar-refractivity contribution in [3.05, 3.63) is 94.5 Å². The summed E-state index contributed by atoms with van der Waals surface area (Å²) in [5, 5.41) is 11.3. The van der Waals surface area contributed by atoms with Gasteiger partial charge in [-0.15, -0.1) is 0 Å². The van der Waals surface area contributed by atoms with E-state index < -0.39 is 16.1 Å². The number of halogens is 1. The van der Waals surface area contributed by atoms with E-state index in [1.807, 2.05) is 6.92 Å². The highest BCUT2D eigenvalue weighted by Crippen LogP contribution is 2.30. The quantitative estimate of drug-likeness (QED) is 0.675. The number of rotatable bonds is 5. The van der Waals surface area contributed by atoms with Crippen LogP contribution in [0.5, 0.6) is 0 Å². The molecule has 134 valence electrons. The second-order valence-electron chi connectivity index (χ2n) is 5.96. The molecule has 0 fully saturated rings. The molecule has 4 nitrogen and oxygen atoms in total. The van der Waals surface area contributed by atoms with Crippen molar-refractivity contribution in [1.29, 1.82) is 0 Å².